The molecule has 0 unspecified atom stereocenters. The lowest BCUT2D eigenvalue weighted by Crippen LogP contribution is -2.14. The average molecular weight is 307 g/mol. The van der Waals surface area contributed by atoms with Gasteiger partial charge in [-0.05, 0) is 37.1 Å². The van der Waals surface area contributed by atoms with Crippen LogP contribution in [0.15, 0.2) is 53.1 Å². The van der Waals surface area contributed by atoms with Gasteiger partial charge in [0, 0.05) is 11.3 Å². The zero-order valence-electron chi connectivity index (χ0n) is 13.0. The van der Waals surface area contributed by atoms with Gasteiger partial charge in [0.15, 0.2) is 5.82 Å². The lowest BCUT2D eigenvalue weighted by molar-refractivity contribution is 0.102. The SMILES string of the molecule is Cc1noc(Cc2ccccc2NC(=O)c2ccccc2C)n1. The summed E-state index contributed by atoms with van der Waals surface area (Å²) in [5, 5.41) is 6.76. The van der Waals surface area contributed by atoms with Gasteiger partial charge in [-0.2, -0.15) is 4.98 Å². The van der Waals surface area contributed by atoms with Crippen molar-refractivity contribution >= 4 is 11.6 Å². The van der Waals surface area contributed by atoms with Crippen LogP contribution in [0.1, 0.15) is 33.2 Å². The third kappa shape index (κ3) is 3.45. The van der Waals surface area contributed by atoms with E-state index in [2.05, 4.69) is 15.5 Å². The van der Waals surface area contributed by atoms with Gasteiger partial charge in [-0.1, -0.05) is 41.6 Å². The summed E-state index contributed by atoms with van der Waals surface area (Å²) in [7, 11) is 0. The summed E-state index contributed by atoms with van der Waals surface area (Å²) in [4.78, 5) is 16.7. The molecule has 3 rings (SSSR count). The predicted molar refractivity (Wildman–Crippen MR) is 87.4 cm³/mol. The van der Waals surface area contributed by atoms with Gasteiger partial charge < -0.3 is 9.84 Å². The Hall–Kier alpha value is -2.95. The quantitative estimate of drug-likeness (QED) is 0.800. The van der Waals surface area contributed by atoms with Crippen molar-refractivity contribution in [2.75, 3.05) is 5.32 Å². The van der Waals surface area contributed by atoms with Crippen molar-refractivity contribution in [1.82, 2.24) is 10.1 Å². The summed E-state index contributed by atoms with van der Waals surface area (Å²) >= 11 is 0. The molecule has 0 aliphatic carbocycles. The van der Waals surface area contributed by atoms with Gasteiger partial charge in [0.1, 0.15) is 0 Å². The maximum atomic E-state index is 12.5. The van der Waals surface area contributed by atoms with E-state index in [0.29, 0.717) is 23.7 Å². The Kier molecular flexibility index (Phi) is 4.19. The molecule has 0 atom stereocenters. The van der Waals surface area contributed by atoms with E-state index in [-0.39, 0.29) is 5.91 Å². The number of anilines is 1. The van der Waals surface area contributed by atoms with Crippen molar-refractivity contribution in [3.63, 3.8) is 0 Å². The molecular weight excluding hydrogens is 290 g/mol. The predicted octanol–water partition coefficient (Wildman–Crippen LogP) is 3.53. The highest BCUT2D eigenvalue weighted by Gasteiger charge is 2.12. The highest BCUT2D eigenvalue weighted by atomic mass is 16.5. The van der Waals surface area contributed by atoms with Crippen molar-refractivity contribution in [3.05, 3.63) is 76.9 Å². The van der Waals surface area contributed by atoms with E-state index in [0.717, 1.165) is 16.8 Å². The van der Waals surface area contributed by atoms with Crippen LogP contribution >= 0.6 is 0 Å². The molecule has 1 N–H and O–H groups in total. The lowest BCUT2D eigenvalue weighted by atomic mass is 10.1. The number of hydrogen-bond acceptors (Lipinski definition) is 4. The monoisotopic (exact) mass is 307 g/mol. The first kappa shape index (κ1) is 15.0. The molecule has 3 aromatic rings. The minimum absolute atomic E-state index is 0.128. The third-order valence-corrected chi connectivity index (χ3v) is 3.57. The Balaban J connectivity index is 1.83. The molecule has 5 heteroatoms. The topological polar surface area (TPSA) is 68.0 Å². The molecule has 5 nitrogen and oxygen atoms in total. The van der Waals surface area contributed by atoms with E-state index in [1.807, 2.05) is 55.5 Å². The Bertz CT molecular complexity index is 840. The number of benzene rings is 2. The molecule has 0 aliphatic heterocycles. The molecule has 0 saturated heterocycles. The van der Waals surface area contributed by atoms with Gasteiger partial charge in [-0.25, -0.2) is 0 Å². The molecular formula is C18H17N3O2. The fourth-order valence-corrected chi connectivity index (χ4v) is 2.39. The highest BCUT2D eigenvalue weighted by Crippen LogP contribution is 2.20. The average Bonchev–Trinajstić information content (AvgIpc) is 2.95. The van der Waals surface area contributed by atoms with E-state index in [4.69, 9.17) is 4.52 Å². The van der Waals surface area contributed by atoms with Gasteiger partial charge in [0.2, 0.25) is 5.89 Å². The van der Waals surface area contributed by atoms with Gasteiger partial charge in [0.05, 0.1) is 6.42 Å². The zero-order valence-corrected chi connectivity index (χ0v) is 13.0. The fraction of sp³-hybridized carbons (Fsp3) is 0.167. The van der Waals surface area contributed by atoms with Gasteiger partial charge >= 0.3 is 0 Å². The Morgan fingerprint density at radius 1 is 1.09 bits per heavy atom. The fourth-order valence-electron chi connectivity index (χ4n) is 2.39. The van der Waals surface area contributed by atoms with Gasteiger partial charge in [-0.15, -0.1) is 0 Å². The lowest BCUT2D eigenvalue weighted by Gasteiger charge is -2.11. The molecule has 23 heavy (non-hydrogen) atoms. The second-order valence-corrected chi connectivity index (χ2v) is 5.34. The minimum Gasteiger partial charge on any atom is -0.339 e. The zero-order chi connectivity index (χ0) is 16.2. The normalized spacial score (nSPS) is 10.5. The van der Waals surface area contributed by atoms with E-state index >= 15 is 0 Å². The molecule has 1 aromatic heterocycles. The molecule has 0 bridgehead atoms. The van der Waals surface area contributed by atoms with Crippen LogP contribution in [0.25, 0.3) is 0 Å². The molecule has 116 valence electrons. The maximum Gasteiger partial charge on any atom is 0.255 e. The molecule has 1 amide bonds. The number of nitrogens with one attached hydrogen (secondary N) is 1. The van der Waals surface area contributed by atoms with Crippen molar-refractivity contribution in [2.45, 2.75) is 20.3 Å². The number of aryl methyl sites for hydroxylation is 2. The van der Waals surface area contributed by atoms with Crippen LogP contribution < -0.4 is 5.32 Å². The number of para-hydroxylation sites is 1. The second-order valence-electron chi connectivity index (χ2n) is 5.34. The van der Waals surface area contributed by atoms with Crippen LogP contribution in [0.2, 0.25) is 0 Å². The summed E-state index contributed by atoms with van der Waals surface area (Å²) in [6.45, 7) is 3.70. The van der Waals surface area contributed by atoms with E-state index < -0.39 is 0 Å². The number of aromatic nitrogens is 2. The van der Waals surface area contributed by atoms with Crippen LogP contribution in [0.4, 0.5) is 5.69 Å². The number of carbonyl (C=O) groups is 1. The number of nitrogens with zero attached hydrogens (tertiary/aromatic N) is 2. The molecule has 1 heterocycles. The smallest absolute Gasteiger partial charge is 0.255 e. The van der Waals surface area contributed by atoms with Crippen LogP contribution in [0.5, 0.6) is 0 Å². The molecule has 0 radical (unpaired) electrons. The second kappa shape index (κ2) is 6.44. The van der Waals surface area contributed by atoms with E-state index in [1.54, 1.807) is 6.92 Å². The van der Waals surface area contributed by atoms with Crippen LogP contribution in [0, 0.1) is 13.8 Å². The molecule has 0 aliphatic rings. The summed E-state index contributed by atoms with van der Waals surface area (Å²) in [5.41, 5.74) is 3.28. The maximum absolute atomic E-state index is 12.5. The first-order chi connectivity index (χ1) is 11.1. The Morgan fingerprint density at radius 2 is 1.83 bits per heavy atom. The van der Waals surface area contributed by atoms with Crippen molar-refractivity contribution < 1.29 is 9.32 Å². The van der Waals surface area contributed by atoms with E-state index in [9.17, 15) is 4.79 Å². The summed E-state index contributed by atoms with van der Waals surface area (Å²) < 4.78 is 5.16. The van der Waals surface area contributed by atoms with Crippen molar-refractivity contribution in [1.29, 1.82) is 0 Å². The number of hydrogen-bond donors (Lipinski definition) is 1. The van der Waals surface area contributed by atoms with E-state index in [1.165, 1.54) is 0 Å². The number of rotatable bonds is 4. The van der Waals surface area contributed by atoms with Crippen LogP contribution in [-0.2, 0) is 6.42 Å². The van der Waals surface area contributed by atoms with Gasteiger partial charge in [0.25, 0.3) is 5.91 Å². The summed E-state index contributed by atoms with van der Waals surface area (Å²) in [5.74, 6) is 0.999. The Morgan fingerprint density at radius 3 is 2.57 bits per heavy atom. The molecule has 2 aromatic carbocycles. The molecule has 0 saturated carbocycles. The van der Waals surface area contributed by atoms with Gasteiger partial charge in [-0.3, -0.25) is 4.79 Å². The Labute approximate surface area is 134 Å². The summed E-state index contributed by atoms with van der Waals surface area (Å²) in [6.07, 6.45) is 0.477. The number of carbonyl (C=O) groups excluding carboxylic acids is 1. The first-order valence-electron chi connectivity index (χ1n) is 7.37. The molecule has 0 spiro atoms. The van der Waals surface area contributed by atoms with Crippen LogP contribution in [0.3, 0.4) is 0 Å². The number of amides is 1. The van der Waals surface area contributed by atoms with Crippen LogP contribution in [-0.4, -0.2) is 16.0 Å². The van der Waals surface area contributed by atoms with Crippen molar-refractivity contribution in [2.24, 2.45) is 0 Å². The van der Waals surface area contributed by atoms with Crippen molar-refractivity contribution in [3.8, 4) is 0 Å². The highest BCUT2D eigenvalue weighted by molar-refractivity contribution is 6.05. The third-order valence-electron chi connectivity index (χ3n) is 3.57. The first-order valence-corrected chi connectivity index (χ1v) is 7.37. The minimum atomic E-state index is -0.128. The molecule has 0 fully saturated rings. The largest absolute Gasteiger partial charge is 0.339 e. The summed E-state index contributed by atoms with van der Waals surface area (Å²) in [6, 6.07) is 15.1. The standard InChI is InChI=1S/C18H17N3O2/c1-12-7-3-5-9-15(12)18(22)20-16-10-6-4-8-14(16)11-17-19-13(2)21-23-17/h3-10H,11H2,1-2H3,(H,20,22).